The third-order valence-corrected chi connectivity index (χ3v) is 0.995. The third kappa shape index (κ3) is 4.53. The molecule has 0 aromatic heterocycles. The molecule has 0 aliphatic rings. The van der Waals surface area contributed by atoms with Gasteiger partial charge in [-0.05, 0) is 0 Å². The second-order valence-electron chi connectivity index (χ2n) is 0.781. The van der Waals surface area contributed by atoms with Gasteiger partial charge in [0.25, 0.3) is 0 Å². The van der Waals surface area contributed by atoms with Crippen molar-refractivity contribution in [1.82, 2.24) is 0 Å². The van der Waals surface area contributed by atoms with E-state index in [4.69, 9.17) is 0 Å². The zero-order valence-electron chi connectivity index (χ0n) is 3.11. The minimum atomic E-state index is 1.16. The molecule has 0 N–H and O–H groups in total. The first-order valence-corrected chi connectivity index (χ1v) is 3.25. The molecule has 1 heteroatoms. The van der Waals surface area contributed by atoms with Crippen LogP contribution in [0.25, 0.3) is 0 Å². The predicted molar refractivity (Wildman–Crippen MR) is 25.4 cm³/mol. The predicted octanol–water partition coefficient (Wildman–Crippen LogP) is 1.15. The van der Waals surface area contributed by atoms with Crippen molar-refractivity contribution in [3.63, 3.8) is 0 Å². The van der Waals surface area contributed by atoms with Gasteiger partial charge >= 0.3 is 45.8 Å². The molecular weight excluding hydrogens is 176 g/mol. The average molecular weight is 183 g/mol. The fourth-order valence-corrected chi connectivity index (χ4v) is 0.559. The van der Waals surface area contributed by atoms with Gasteiger partial charge in [-0.15, -0.1) is 0 Å². The Balaban J connectivity index is 2.40. The van der Waals surface area contributed by atoms with Crippen molar-refractivity contribution in [2.45, 2.75) is 10.9 Å². The summed E-state index contributed by atoms with van der Waals surface area (Å²) in [6.45, 7) is 3.55. The van der Waals surface area contributed by atoms with Crippen LogP contribution in [0.5, 0.6) is 0 Å². The van der Waals surface area contributed by atoms with E-state index >= 15 is 0 Å². The van der Waals surface area contributed by atoms with Gasteiger partial charge in [-0.25, -0.2) is 0 Å². The summed E-state index contributed by atoms with van der Waals surface area (Å²) < 4.78 is 1.24. The fraction of sp³-hybridized carbons (Fsp3) is 0.500. The molecule has 0 atom stereocenters. The molecule has 0 bridgehead atoms. The number of hydrogen-bond donors (Lipinski definition) is 0. The molecule has 1 radical (unpaired) electrons. The van der Waals surface area contributed by atoms with Crippen LogP contribution in [-0.4, -0.2) is 22.3 Å². The van der Waals surface area contributed by atoms with Gasteiger partial charge in [0.15, 0.2) is 0 Å². The molecule has 29 valence electrons. The Morgan fingerprint density at radius 3 is 2.40 bits per heavy atom. The van der Waals surface area contributed by atoms with Crippen LogP contribution in [0.2, 0.25) is 4.47 Å². The zero-order chi connectivity index (χ0) is 4.12. The van der Waals surface area contributed by atoms with E-state index in [1.165, 1.54) is 4.47 Å². The van der Waals surface area contributed by atoms with Gasteiger partial charge in [0, 0.05) is 0 Å². The van der Waals surface area contributed by atoms with E-state index in [1.807, 2.05) is 6.08 Å². The molecule has 0 fully saturated rings. The number of allylic oxidation sites excluding steroid dienone is 1. The maximum atomic E-state index is 3.55. The van der Waals surface area contributed by atoms with Gasteiger partial charge in [-0.2, -0.15) is 0 Å². The third-order valence-electron chi connectivity index (χ3n) is 0.322. The Morgan fingerprint density at radius 1 is 1.80 bits per heavy atom. The van der Waals surface area contributed by atoms with E-state index in [1.54, 1.807) is 0 Å². The molecular formula is C4H7Te. The molecule has 0 aliphatic heterocycles. The van der Waals surface area contributed by atoms with Crippen LogP contribution in [0.4, 0.5) is 0 Å². The summed E-state index contributed by atoms with van der Waals surface area (Å²) in [6.07, 6.45) is 3.09. The van der Waals surface area contributed by atoms with Gasteiger partial charge < -0.3 is 0 Å². The molecule has 0 saturated carbocycles. The first-order chi connectivity index (χ1) is 2.41. The van der Waals surface area contributed by atoms with Gasteiger partial charge in [0.1, 0.15) is 0 Å². The zero-order valence-corrected chi connectivity index (χ0v) is 5.44. The first-order valence-electron chi connectivity index (χ1n) is 1.61. The van der Waals surface area contributed by atoms with Crippen molar-refractivity contribution in [1.29, 1.82) is 0 Å². The van der Waals surface area contributed by atoms with Crippen LogP contribution in [0, 0.1) is 0 Å². The standard InChI is InChI=1S/C4H7Te/c1-2-3-4-5/h2H,1,3-4H2. The molecule has 0 aromatic carbocycles. The Labute approximate surface area is 46.2 Å². The van der Waals surface area contributed by atoms with Crippen LogP contribution in [0.15, 0.2) is 12.7 Å². The second kappa shape index (κ2) is 4.53. The quantitative estimate of drug-likeness (QED) is 0.444. The molecule has 0 rings (SSSR count). The Kier molecular flexibility index (Phi) is 5.01. The number of hydrogen-bond acceptors (Lipinski definition) is 0. The van der Waals surface area contributed by atoms with E-state index in [0.717, 1.165) is 6.42 Å². The van der Waals surface area contributed by atoms with E-state index in [-0.39, 0.29) is 0 Å². The Hall–Kier alpha value is 0.530. The first kappa shape index (κ1) is 5.53. The van der Waals surface area contributed by atoms with E-state index in [2.05, 4.69) is 28.9 Å². The molecule has 0 spiro atoms. The average Bonchev–Trinajstić information content (AvgIpc) is 1.41. The Bertz CT molecular complexity index is 24.8. The van der Waals surface area contributed by atoms with E-state index in [0.29, 0.717) is 0 Å². The molecule has 0 saturated heterocycles. The molecule has 0 aliphatic carbocycles. The van der Waals surface area contributed by atoms with Gasteiger partial charge in [-0.3, -0.25) is 0 Å². The summed E-state index contributed by atoms with van der Waals surface area (Å²) in [4.78, 5) is 0. The van der Waals surface area contributed by atoms with Gasteiger partial charge in [0.05, 0.1) is 0 Å². The van der Waals surface area contributed by atoms with Crippen molar-refractivity contribution in [3.05, 3.63) is 12.7 Å². The molecule has 0 unspecified atom stereocenters. The second-order valence-corrected chi connectivity index (χ2v) is 1.95. The summed E-state index contributed by atoms with van der Waals surface area (Å²) in [7, 11) is 0. The van der Waals surface area contributed by atoms with Crippen LogP contribution in [-0.2, 0) is 0 Å². The summed E-state index contributed by atoms with van der Waals surface area (Å²) in [5.74, 6) is 0. The van der Waals surface area contributed by atoms with Crippen molar-refractivity contribution < 1.29 is 0 Å². The van der Waals surface area contributed by atoms with E-state index < -0.39 is 0 Å². The fourth-order valence-electron chi connectivity index (χ4n) is 0.0833. The normalized spacial score (nSPS) is 7.40. The van der Waals surface area contributed by atoms with Crippen LogP contribution in [0.3, 0.4) is 0 Å². The van der Waals surface area contributed by atoms with Crippen LogP contribution >= 0.6 is 0 Å². The maximum absolute atomic E-state index is 3.55. The molecule has 0 aromatic rings. The molecule has 0 nitrogen and oxygen atoms in total. The summed E-state index contributed by atoms with van der Waals surface area (Å²) in [5, 5.41) is 0. The summed E-state index contributed by atoms with van der Waals surface area (Å²) in [6, 6.07) is 0. The summed E-state index contributed by atoms with van der Waals surface area (Å²) in [5.41, 5.74) is 0. The number of rotatable bonds is 2. The van der Waals surface area contributed by atoms with Gasteiger partial charge in [0.2, 0.25) is 0 Å². The van der Waals surface area contributed by atoms with Crippen molar-refractivity contribution in [2.24, 2.45) is 0 Å². The molecule has 0 amide bonds. The van der Waals surface area contributed by atoms with Crippen molar-refractivity contribution in [2.75, 3.05) is 0 Å². The monoisotopic (exact) mass is 185 g/mol. The van der Waals surface area contributed by atoms with Crippen LogP contribution < -0.4 is 0 Å². The molecule has 0 heterocycles. The van der Waals surface area contributed by atoms with Crippen LogP contribution in [0.1, 0.15) is 6.42 Å². The SMILES string of the molecule is C=CCC[Te]. The van der Waals surface area contributed by atoms with Crippen molar-refractivity contribution in [3.8, 4) is 0 Å². The van der Waals surface area contributed by atoms with Crippen molar-refractivity contribution >= 4 is 22.3 Å². The van der Waals surface area contributed by atoms with E-state index in [9.17, 15) is 0 Å². The Morgan fingerprint density at radius 2 is 2.40 bits per heavy atom. The topological polar surface area (TPSA) is 0 Å². The molecule has 5 heavy (non-hydrogen) atoms. The van der Waals surface area contributed by atoms with Gasteiger partial charge in [-0.1, -0.05) is 0 Å². The summed E-state index contributed by atoms with van der Waals surface area (Å²) >= 11 is 2.08. The minimum absolute atomic E-state index is 1.16.